The Balaban J connectivity index is 2.21. The van der Waals surface area contributed by atoms with Gasteiger partial charge in [0.25, 0.3) is 5.56 Å². The Morgan fingerprint density at radius 2 is 1.69 bits per heavy atom. The number of anilines is 1. The lowest BCUT2D eigenvalue weighted by Gasteiger charge is -2.22. The van der Waals surface area contributed by atoms with Gasteiger partial charge in [0.05, 0.1) is 32.6 Å². The lowest BCUT2D eigenvalue weighted by Crippen LogP contribution is -2.39. The van der Waals surface area contributed by atoms with E-state index >= 15 is 0 Å². The van der Waals surface area contributed by atoms with Crippen LogP contribution in [0.15, 0.2) is 35.4 Å². The van der Waals surface area contributed by atoms with Crippen LogP contribution >= 0.6 is 0 Å². The molecule has 0 aromatic carbocycles. The predicted octanol–water partition coefficient (Wildman–Crippen LogP) is 4.02. The van der Waals surface area contributed by atoms with Crippen molar-refractivity contribution in [2.45, 2.75) is 72.3 Å². The largest absolute Gasteiger partial charge is 0.495 e. The van der Waals surface area contributed by atoms with Crippen LogP contribution in [0.1, 0.15) is 54.0 Å². The van der Waals surface area contributed by atoms with E-state index in [9.17, 15) is 14.4 Å². The molecule has 2 heterocycles. The van der Waals surface area contributed by atoms with Gasteiger partial charge in [-0.3, -0.25) is 14.7 Å². The van der Waals surface area contributed by atoms with Gasteiger partial charge in [0.15, 0.2) is 0 Å². The lowest BCUT2D eigenvalue weighted by atomic mass is 10.2. The normalized spacial score (nSPS) is 12.4. The number of aromatic nitrogens is 2. The van der Waals surface area contributed by atoms with Crippen LogP contribution < -0.4 is 20.9 Å². The van der Waals surface area contributed by atoms with Crippen molar-refractivity contribution in [1.82, 2.24) is 14.9 Å². The SMILES string of the molecule is COc1ccc(-n2cc(COC[C@@H](C)NC(=O)OC(C)(C)C)cc(NC(=O)OC(C)(C)C)c2=O)nc1. The van der Waals surface area contributed by atoms with E-state index in [-0.39, 0.29) is 24.9 Å². The van der Waals surface area contributed by atoms with Gasteiger partial charge in [0, 0.05) is 6.20 Å². The Morgan fingerprint density at radius 1 is 1.06 bits per heavy atom. The van der Waals surface area contributed by atoms with E-state index < -0.39 is 28.9 Å². The third-order valence-corrected chi connectivity index (χ3v) is 4.31. The summed E-state index contributed by atoms with van der Waals surface area (Å²) < 4.78 is 22.7. The molecule has 2 aromatic heterocycles. The van der Waals surface area contributed by atoms with E-state index in [1.165, 1.54) is 23.9 Å². The van der Waals surface area contributed by atoms with Crippen LogP contribution in [0.4, 0.5) is 15.3 Å². The molecule has 2 N–H and O–H groups in total. The van der Waals surface area contributed by atoms with Gasteiger partial charge in [-0.15, -0.1) is 0 Å². The summed E-state index contributed by atoms with van der Waals surface area (Å²) in [6.07, 6.45) is 1.75. The van der Waals surface area contributed by atoms with Gasteiger partial charge in [0.2, 0.25) is 0 Å². The number of carbonyl (C=O) groups excluding carboxylic acids is 2. The minimum Gasteiger partial charge on any atom is -0.495 e. The molecule has 36 heavy (non-hydrogen) atoms. The number of hydrogen-bond donors (Lipinski definition) is 2. The Bertz CT molecular complexity index is 1100. The third-order valence-electron chi connectivity index (χ3n) is 4.31. The van der Waals surface area contributed by atoms with Crippen molar-refractivity contribution in [3.63, 3.8) is 0 Å². The molecule has 11 nitrogen and oxygen atoms in total. The maximum Gasteiger partial charge on any atom is 0.412 e. The molecule has 198 valence electrons. The number of alkyl carbamates (subject to hydrolysis) is 1. The molecule has 0 aliphatic rings. The molecule has 2 aromatic rings. The number of ether oxygens (including phenoxy) is 4. The first-order valence-electron chi connectivity index (χ1n) is 11.5. The minimum absolute atomic E-state index is 0.00268. The highest BCUT2D eigenvalue weighted by atomic mass is 16.6. The van der Waals surface area contributed by atoms with E-state index in [2.05, 4.69) is 15.6 Å². The Morgan fingerprint density at radius 3 is 2.25 bits per heavy atom. The molecule has 0 unspecified atom stereocenters. The van der Waals surface area contributed by atoms with Crippen LogP contribution in [0.5, 0.6) is 5.75 Å². The van der Waals surface area contributed by atoms with Crippen LogP contribution in [0.3, 0.4) is 0 Å². The highest BCUT2D eigenvalue weighted by molar-refractivity contribution is 5.84. The van der Waals surface area contributed by atoms with Crippen molar-refractivity contribution >= 4 is 17.9 Å². The van der Waals surface area contributed by atoms with Gasteiger partial charge in [-0.05, 0) is 72.2 Å². The van der Waals surface area contributed by atoms with Gasteiger partial charge < -0.3 is 24.3 Å². The van der Waals surface area contributed by atoms with E-state index in [4.69, 9.17) is 18.9 Å². The summed E-state index contributed by atoms with van der Waals surface area (Å²) in [5.41, 5.74) is -1.25. The molecule has 11 heteroatoms. The summed E-state index contributed by atoms with van der Waals surface area (Å²) in [6.45, 7) is 12.6. The van der Waals surface area contributed by atoms with Gasteiger partial charge in [-0.2, -0.15) is 0 Å². The number of nitrogens with zero attached hydrogens (tertiary/aromatic N) is 2. The summed E-state index contributed by atoms with van der Waals surface area (Å²) in [6, 6.07) is 4.48. The average molecular weight is 505 g/mol. The summed E-state index contributed by atoms with van der Waals surface area (Å²) in [4.78, 5) is 41.6. The smallest absolute Gasteiger partial charge is 0.412 e. The van der Waals surface area contributed by atoms with Crippen LogP contribution in [0.2, 0.25) is 0 Å². The van der Waals surface area contributed by atoms with Gasteiger partial charge >= 0.3 is 12.2 Å². The second kappa shape index (κ2) is 11.9. The molecular formula is C25H36N4O7. The summed E-state index contributed by atoms with van der Waals surface area (Å²) >= 11 is 0. The summed E-state index contributed by atoms with van der Waals surface area (Å²) in [5.74, 6) is 0.861. The molecule has 0 aliphatic heterocycles. The Labute approximate surface area is 211 Å². The van der Waals surface area contributed by atoms with E-state index in [1.807, 2.05) is 0 Å². The van der Waals surface area contributed by atoms with Crippen molar-refractivity contribution in [3.05, 3.63) is 46.5 Å². The van der Waals surface area contributed by atoms with Crippen molar-refractivity contribution in [3.8, 4) is 11.6 Å². The number of pyridine rings is 2. The van der Waals surface area contributed by atoms with E-state index in [0.29, 0.717) is 17.1 Å². The molecule has 0 saturated heterocycles. The zero-order valence-electron chi connectivity index (χ0n) is 22.1. The summed E-state index contributed by atoms with van der Waals surface area (Å²) in [7, 11) is 1.52. The van der Waals surface area contributed by atoms with Crippen molar-refractivity contribution < 1.29 is 28.5 Å². The van der Waals surface area contributed by atoms with Crippen LogP contribution in [-0.4, -0.2) is 52.7 Å². The second-order valence-electron chi connectivity index (χ2n) is 10.2. The topological polar surface area (TPSA) is 130 Å². The average Bonchev–Trinajstić information content (AvgIpc) is 2.73. The fourth-order valence-corrected chi connectivity index (χ4v) is 2.93. The molecule has 2 rings (SSSR count). The molecule has 0 fully saturated rings. The zero-order valence-corrected chi connectivity index (χ0v) is 22.1. The number of nitrogens with one attached hydrogen (secondary N) is 2. The molecule has 0 bridgehead atoms. The van der Waals surface area contributed by atoms with Crippen LogP contribution in [0, 0.1) is 0 Å². The fraction of sp³-hybridized carbons (Fsp3) is 0.520. The van der Waals surface area contributed by atoms with Gasteiger partial charge in [-0.25, -0.2) is 14.6 Å². The van der Waals surface area contributed by atoms with Crippen molar-refractivity contribution in [1.29, 1.82) is 0 Å². The quantitative estimate of drug-likeness (QED) is 0.551. The van der Waals surface area contributed by atoms with Gasteiger partial charge in [0.1, 0.15) is 28.5 Å². The monoisotopic (exact) mass is 504 g/mol. The number of carbonyl (C=O) groups is 2. The fourth-order valence-electron chi connectivity index (χ4n) is 2.93. The summed E-state index contributed by atoms with van der Waals surface area (Å²) in [5, 5.41) is 5.21. The molecule has 0 radical (unpaired) electrons. The lowest BCUT2D eigenvalue weighted by molar-refractivity contribution is 0.0441. The maximum absolute atomic E-state index is 13.1. The second-order valence-corrected chi connectivity index (χ2v) is 10.2. The first kappa shape index (κ1) is 28.6. The number of amides is 2. The first-order valence-corrected chi connectivity index (χ1v) is 11.5. The van der Waals surface area contributed by atoms with Crippen molar-refractivity contribution in [2.75, 3.05) is 19.0 Å². The third kappa shape index (κ3) is 9.57. The highest BCUT2D eigenvalue weighted by Crippen LogP contribution is 2.15. The molecule has 1 atom stereocenters. The molecular weight excluding hydrogens is 468 g/mol. The maximum atomic E-state index is 13.1. The Kier molecular flexibility index (Phi) is 9.46. The molecule has 2 amide bonds. The predicted molar refractivity (Wildman–Crippen MR) is 135 cm³/mol. The number of methoxy groups -OCH3 is 1. The van der Waals surface area contributed by atoms with Crippen molar-refractivity contribution in [2.24, 2.45) is 0 Å². The minimum atomic E-state index is -0.762. The van der Waals surface area contributed by atoms with E-state index in [1.54, 1.807) is 66.8 Å². The number of rotatable bonds is 8. The standard InChI is InChI=1S/C25H36N4O7/c1-16(27-22(31)35-24(2,3)4)14-34-15-17-11-19(28-23(32)36-25(5,6)7)21(30)29(13-17)20-10-9-18(33-8)12-26-20/h9-13,16H,14-15H2,1-8H3,(H,27,31)(H,28,32)/t16-/m1/s1. The molecule has 0 aliphatic carbocycles. The zero-order chi connectivity index (χ0) is 27.1. The van der Waals surface area contributed by atoms with Crippen LogP contribution in [0.25, 0.3) is 5.82 Å². The van der Waals surface area contributed by atoms with Gasteiger partial charge in [-0.1, -0.05) is 0 Å². The number of hydrogen-bond acceptors (Lipinski definition) is 8. The highest BCUT2D eigenvalue weighted by Gasteiger charge is 2.20. The van der Waals surface area contributed by atoms with Crippen LogP contribution in [-0.2, 0) is 20.8 Å². The Hall–Kier alpha value is -3.60. The first-order chi connectivity index (χ1) is 16.7. The molecule has 0 spiro atoms. The molecule has 0 saturated carbocycles. The van der Waals surface area contributed by atoms with E-state index in [0.717, 1.165) is 0 Å².